The molecule has 142 valence electrons. The van der Waals surface area contributed by atoms with Crippen LogP contribution in [0.15, 0.2) is 39.7 Å². The molecule has 1 aliphatic heterocycles. The van der Waals surface area contributed by atoms with Crippen molar-refractivity contribution >= 4 is 5.91 Å². The van der Waals surface area contributed by atoms with E-state index in [0.717, 1.165) is 43.6 Å². The summed E-state index contributed by atoms with van der Waals surface area (Å²) in [4.78, 5) is 30.4. The number of rotatable bonds is 4. The molecule has 3 fully saturated rings. The van der Waals surface area contributed by atoms with Gasteiger partial charge in [-0.05, 0) is 80.5 Å². The fraction of sp³-hybridized carbons (Fsp3) is 0.545. The quantitative estimate of drug-likeness (QED) is 0.887. The molecular formula is C22H26N2O3. The van der Waals surface area contributed by atoms with Crippen LogP contribution in [0, 0.1) is 17.8 Å². The van der Waals surface area contributed by atoms with Crippen molar-refractivity contribution in [3.8, 4) is 11.5 Å². The van der Waals surface area contributed by atoms with Gasteiger partial charge in [0.25, 0.3) is 11.5 Å². The van der Waals surface area contributed by atoms with Crippen molar-refractivity contribution in [2.45, 2.75) is 51.0 Å². The molecule has 1 N–H and O–H groups in total. The Morgan fingerprint density at radius 1 is 1.19 bits per heavy atom. The fourth-order valence-corrected chi connectivity index (χ4v) is 5.74. The number of aromatic amines is 1. The molecule has 5 heteroatoms. The summed E-state index contributed by atoms with van der Waals surface area (Å²) in [6.07, 6.45) is 10.3. The summed E-state index contributed by atoms with van der Waals surface area (Å²) in [6, 6.07) is 7.27. The number of pyridine rings is 1. The average Bonchev–Trinajstić information content (AvgIpc) is 3.45. The molecule has 2 bridgehead atoms. The topological polar surface area (TPSA) is 66.3 Å². The van der Waals surface area contributed by atoms with Crippen molar-refractivity contribution in [2.24, 2.45) is 17.8 Å². The fourth-order valence-electron chi connectivity index (χ4n) is 5.74. The van der Waals surface area contributed by atoms with Crippen LogP contribution in [-0.2, 0) is 0 Å². The zero-order valence-corrected chi connectivity index (χ0v) is 15.5. The number of hydrogen-bond acceptors (Lipinski definition) is 3. The monoisotopic (exact) mass is 366 g/mol. The van der Waals surface area contributed by atoms with Crippen molar-refractivity contribution in [2.75, 3.05) is 6.54 Å². The maximum atomic E-state index is 13.1. The molecule has 5 nitrogen and oxygen atoms in total. The Morgan fingerprint density at radius 3 is 2.81 bits per heavy atom. The van der Waals surface area contributed by atoms with Gasteiger partial charge >= 0.3 is 0 Å². The first-order valence-corrected chi connectivity index (χ1v) is 10.3. The van der Waals surface area contributed by atoms with E-state index < -0.39 is 0 Å². The lowest BCUT2D eigenvalue weighted by atomic mass is 9.83. The lowest BCUT2D eigenvalue weighted by molar-refractivity contribution is 0.0706. The molecule has 3 aliphatic rings. The number of amides is 1. The van der Waals surface area contributed by atoms with Crippen molar-refractivity contribution in [1.82, 2.24) is 9.88 Å². The minimum atomic E-state index is -0.334. The molecule has 1 saturated heterocycles. The SMILES string of the molecule is O=C(c1ccc(-c2ccco2)[nH]c1=O)N1CCC[C@H]1C[C@H]1C[C@H]2CC[C@H]1C2. The largest absolute Gasteiger partial charge is 0.463 e. The molecule has 0 spiro atoms. The highest BCUT2D eigenvalue weighted by Gasteiger charge is 2.42. The van der Waals surface area contributed by atoms with Gasteiger partial charge in [0.15, 0.2) is 0 Å². The predicted molar refractivity (Wildman–Crippen MR) is 102 cm³/mol. The minimum absolute atomic E-state index is 0.118. The van der Waals surface area contributed by atoms with Crippen LogP contribution in [0.4, 0.5) is 0 Å². The Morgan fingerprint density at radius 2 is 2.11 bits per heavy atom. The van der Waals surface area contributed by atoms with E-state index in [-0.39, 0.29) is 17.0 Å². The Hall–Kier alpha value is -2.30. The maximum absolute atomic E-state index is 13.1. The minimum Gasteiger partial charge on any atom is -0.463 e. The van der Waals surface area contributed by atoms with E-state index in [0.29, 0.717) is 17.5 Å². The van der Waals surface area contributed by atoms with Crippen LogP contribution in [0.5, 0.6) is 0 Å². The van der Waals surface area contributed by atoms with E-state index in [1.807, 2.05) is 4.90 Å². The Kier molecular flexibility index (Phi) is 4.18. The van der Waals surface area contributed by atoms with Gasteiger partial charge in [0.1, 0.15) is 11.3 Å². The molecule has 2 aliphatic carbocycles. The van der Waals surface area contributed by atoms with Gasteiger partial charge in [0, 0.05) is 12.6 Å². The van der Waals surface area contributed by atoms with E-state index >= 15 is 0 Å². The predicted octanol–water partition coefficient (Wildman–Crippen LogP) is 4.07. The first-order valence-electron chi connectivity index (χ1n) is 10.3. The van der Waals surface area contributed by atoms with Gasteiger partial charge in [-0.1, -0.05) is 6.42 Å². The van der Waals surface area contributed by atoms with Crippen molar-refractivity contribution < 1.29 is 9.21 Å². The lowest BCUT2D eigenvalue weighted by Crippen LogP contribution is -2.39. The Labute approximate surface area is 158 Å². The molecule has 5 rings (SSSR count). The van der Waals surface area contributed by atoms with Gasteiger partial charge in [-0.25, -0.2) is 0 Å². The highest BCUT2D eigenvalue weighted by atomic mass is 16.3. The van der Waals surface area contributed by atoms with Gasteiger partial charge in [-0.15, -0.1) is 0 Å². The average molecular weight is 366 g/mol. The molecule has 2 aromatic rings. The van der Waals surface area contributed by atoms with Crippen LogP contribution in [0.3, 0.4) is 0 Å². The zero-order chi connectivity index (χ0) is 18.4. The first kappa shape index (κ1) is 16.8. The zero-order valence-electron chi connectivity index (χ0n) is 15.5. The molecule has 4 atom stereocenters. The van der Waals surface area contributed by atoms with Crippen LogP contribution >= 0.6 is 0 Å². The third-order valence-electron chi connectivity index (χ3n) is 7.02. The number of carbonyl (C=O) groups excluding carboxylic acids is 1. The number of nitrogens with zero attached hydrogens (tertiary/aromatic N) is 1. The van der Waals surface area contributed by atoms with E-state index in [4.69, 9.17) is 4.42 Å². The van der Waals surface area contributed by atoms with Crippen molar-refractivity contribution in [3.05, 3.63) is 46.4 Å². The van der Waals surface area contributed by atoms with Crippen LogP contribution in [0.25, 0.3) is 11.5 Å². The molecule has 27 heavy (non-hydrogen) atoms. The Bertz CT molecular complexity index is 885. The van der Waals surface area contributed by atoms with Crippen LogP contribution in [-0.4, -0.2) is 28.4 Å². The summed E-state index contributed by atoms with van der Waals surface area (Å²) in [5.41, 5.74) is 0.506. The van der Waals surface area contributed by atoms with Crippen LogP contribution in [0.2, 0.25) is 0 Å². The number of aromatic nitrogens is 1. The van der Waals surface area contributed by atoms with E-state index in [1.54, 1.807) is 30.5 Å². The van der Waals surface area contributed by atoms with Gasteiger partial charge in [0.2, 0.25) is 0 Å². The summed E-state index contributed by atoms with van der Waals surface area (Å²) in [7, 11) is 0. The molecule has 2 aromatic heterocycles. The molecular weight excluding hydrogens is 340 g/mol. The second-order valence-electron chi connectivity index (χ2n) is 8.56. The number of carbonyl (C=O) groups is 1. The van der Waals surface area contributed by atoms with Gasteiger partial charge in [0.05, 0.1) is 12.0 Å². The third kappa shape index (κ3) is 3.03. The van der Waals surface area contributed by atoms with Crippen molar-refractivity contribution in [3.63, 3.8) is 0 Å². The number of likely N-dealkylation sites (tertiary alicyclic amines) is 1. The number of H-pyrrole nitrogens is 1. The second kappa shape index (κ2) is 6.70. The van der Waals surface area contributed by atoms with Gasteiger partial charge in [-0.3, -0.25) is 9.59 Å². The summed E-state index contributed by atoms with van der Waals surface area (Å²) >= 11 is 0. The van der Waals surface area contributed by atoms with Crippen molar-refractivity contribution in [1.29, 1.82) is 0 Å². The molecule has 0 radical (unpaired) electrons. The molecule has 0 aromatic carbocycles. The van der Waals surface area contributed by atoms with Crippen LogP contribution in [0.1, 0.15) is 55.3 Å². The molecule has 0 unspecified atom stereocenters. The first-order chi connectivity index (χ1) is 13.2. The normalized spacial score (nSPS) is 29.6. The summed E-state index contributed by atoms with van der Waals surface area (Å²) in [6.45, 7) is 0.768. The van der Waals surface area contributed by atoms with E-state index in [1.165, 1.54) is 25.7 Å². The Balaban J connectivity index is 1.33. The lowest BCUT2D eigenvalue weighted by Gasteiger charge is -2.30. The number of furan rings is 1. The second-order valence-corrected chi connectivity index (χ2v) is 8.56. The summed E-state index contributed by atoms with van der Waals surface area (Å²) in [5.74, 6) is 3.07. The number of hydrogen-bond donors (Lipinski definition) is 1. The van der Waals surface area contributed by atoms with Crippen LogP contribution < -0.4 is 5.56 Å². The maximum Gasteiger partial charge on any atom is 0.261 e. The number of nitrogens with one attached hydrogen (secondary N) is 1. The number of fused-ring (bicyclic) bond motifs is 2. The highest BCUT2D eigenvalue weighted by Crippen LogP contribution is 2.50. The molecule has 3 heterocycles. The standard InChI is InChI=1S/C22H26N2O3/c25-21-18(7-8-19(23-21)20-4-2-10-27-20)22(26)24-9-1-3-17(24)13-16-12-14-5-6-15(16)11-14/h2,4,7-8,10,14-17H,1,3,5-6,9,11-13H2,(H,23,25)/t14-,15-,16+,17-/m0/s1. The van der Waals surface area contributed by atoms with E-state index in [2.05, 4.69) is 4.98 Å². The summed E-state index contributed by atoms with van der Waals surface area (Å²) < 4.78 is 5.32. The summed E-state index contributed by atoms with van der Waals surface area (Å²) in [5, 5.41) is 0. The third-order valence-corrected chi connectivity index (χ3v) is 7.02. The smallest absolute Gasteiger partial charge is 0.261 e. The molecule has 2 saturated carbocycles. The van der Waals surface area contributed by atoms with Gasteiger partial charge in [-0.2, -0.15) is 0 Å². The van der Waals surface area contributed by atoms with E-state index in [9.17, 15) is 9.59 Å². The highest BCUT2D eigenvalue weighted by molar-refractivity contribution is 5.94. The molecule has 1 amide bonds. The van der Waals surface area contributed by atoms with Gasteiger partial charge < -0.3 is 14.3 Å².